The van der Waals surface area contributed by atoms with Crippen LogP contribution in [0.1, 0.15) is 0 Å². The molecule has 0 aliphatic carbocycles. The van der Waals surface area contributed by atoms with Crippen molar-refractivity contribution in [1.82, 2.24) is 15.3 Å². The molecule has 4 nitrogen and oxygen atoms in total. The fourth-order valence-corrected chi connectivity index (χ4v) is 2.07. The third-order valence-corrected chi connectivity index (χ3v) is 2.94. The largest absolute Gasteiger partial charge is 0.369 e. The highest BCUT2D eigenvalue weighted by molar-refractivity contribution is 5.78. The zero-order valence-corrected chi connectivity index (χ0v) is 9.06. The SMILES string of the molecule is c1cnc2cc(N3CCNCC3)ccc2n1. The van der Waals surface area contributed by atoms with Crippen LogP contribution in [-0.4, -0.2) is 36.1 Å². The number of anilines is 1. The highest BCUT2D eigenvalue weighted by atomic mass is 15.2. The van der Waals surface area contributed by atoms with Crippen molar-refractivity contribution in [1.29, 1.82) is 0 Å². The summed E-state index contributed by atoms with van der Waals surface area (Å²) in [5, 5.41) is 3.35. The Morgan fingerprint density at radius 3 is 2.56 bits per heavy atom. The first kappa shape index (κ1) is 9.54. The maximum Gasteiger partial charge on any atom is 0.0907 e. The highest BCUT2D eigenvalue weighted by Crippen LogP contribution is 2.19. The van der Waals surface area contributed by atoms with E-state index in [1.54, 1.807) is 12.4 Å². The summed E-state index contributed by atoms with van der Waals surface area (Å²) in [5.41, 5.74) is 3.18. The normalized spacial score (nSPS) is 16.6. The minimum atomic E-state index is 0.960. The number of nitrogens with one attached hydrogen (secondary N) is 1. The van der Waals surface area contributed by atoms with Crippen molar-refractivity contribution in [2.75, 3.05) is 31.1 Å². The Morgan fingerprint density at radius 2 is 1.75 bits per heavy atom. The van der Waals surface area contributed by atoms with Crippen LogP contribution in [-0.2, 0) is 0 Å². The summed E-state index contributed by atoms with van der Waals surface area (Å²) in [6, 6.07) is 6.29. The number of hydrogen-bond donors (Lipinski definition) is 1. The zero-order chi connectivity index (χ0) is 10.8. The number of fused-ring (bicyclic) bond motifs is 1. The van der Waals surface area contributed by atoms with Crippen molar-refractivity contribution in [3.05, 3.63) is 30.6 Å². The van der Waals surface area contributed by atoms with Gasteiger partial charge in [-0.2, -0.15) is 0 Å². The maximum absolute atomic E-state index is 4.33. The lowest BCUT2D eigenvalue weighted by Gasteiger charge is -2.29. The van der Waals surface area contributed by atoms with Crippen LogP contribution in [0.2, 0.25) is 0 Å². The summed E-state index contributed by atoms with van der Waals surface area (Å²) in [5.74, 6) is 0. The van der Waals surface area contributed by atoms with E-state index in [0.29, 0.717) is 0 Å². The molecular formula is C12H14N4. The maximum atomic E-state index is 4.33. The van der Waals surface area contributed by atoms with Gasteiger partial charge in [0.25, 0.3) is 0 Å². The Kier molecular flexibility index (Phi) is 2.42. The fraction of sp³-hybridized carbons (Fsp3) is 0.333. The molecule has 2 heterocycles. The van der Waals surface area contributed by atoms with E-state index in [4.69, 9.17) is 0 Å². The van der Waals surface area contributed by atoms with Gasteiger partial charge in [-0.05, 0) is 18.2 Å². The Morgan fingerprint density at radius 1 is 1.00 bits per heavy atom. The van der Waals surface area contributed by atoms with Gasteiger partial charge in [0, 0.05) is 44.3 Å². The van der Waals surface area contributed by atoms with Gasteiger partial charge in [0.2, 0.25) is 0 Å². The van der Waals surface area contributed by atoms with Gasteiger partial charge in [-0.25, -0.2) is 0 Å². The van der Waals surface area contributed by atoms with E-state index in [-0.39, 0.29) is 0 Å². The summed E-state index contributed by atoms with van der Waals surface area (Å²) < 4.78 is 0. The molecule has 82 valence electrons. The summed E-state index contributed by atoms with van der Waals surface area (Å²) in [4.78, 5) is 11.0. The van der Waals surface area contributed by atoms with Crippen LogP contribution in [0, 0.1) is 0 Å². The molecule has 0 atom stereocenters. The van der Waals surface area contributed by atoms with Crippen LogP contribution in [0.5, 0.6) is 0 Å². The zero-order valence-electron chi connectivity index (χ0n) is 9.06. The van der Waals surface area contributed by atoms with E-state index in [1.165, 1.54) is 5.69 Å². The lowest BCUT2D eigenvalue weighted by molar-refractivity contribution is 0.589. The molecule has 0 unspecified atom stereocenters. The first-order valence-electron chi connectivity index (χ1n) is 5.60. The predicted octanol–water partition coefficient (Wildman–Crippen LogP) is 1.04. The molecule has 1 aliphatic rings. The molecule has 1 aliphatic heterocycles. The second kappa shape index (κ2) is 4.06. The lowest BCUT2D eigenvalue weighted by atomic mass is 10.2. The second-order valence-corrected chi connectivity index (χ2v) is 3.97. The molecular weight excluding hydrogens is 200 g/mol. The average Bonchev–Trinajstić information content (AvgIpc) is 2.39. The average molecular weight is 214 g/mol. The van der Waals surface area contributed by atoms with E-state index >= 15 is 0 Å². The number of nitrogens with zero attached hydrogens (tertiary/aromatic N) is 3. The summed E-state index contributed by atoms with van der Waals surface area (Å²) in [7, 11) is 0. The van der Waals surface area contributed by atoms with Gasteiger partial charge in [-0.1, -0.05) is 0 Å². The van der Waals surface area contributed by atoms with Crippen molar-refractivity contribution in [3.8, 4) is 0 Å². The number of hydrogen-bond acceptors (Lipinski definition) is 4. The smallest absolute Gasteiger partial charge is 0.0907 e. The van der Waals surface area contributed by atoms with Gasteiger partial charge in [0.1, 0.15) is 0 Å². The topological polar surface area (TPSA) is 41.1 Å². The standard InChI is InChI=1S/C12H14N4/c1-2-11-12(15-4-3-14-11)9-10(1)16-7-5-13-6-8-16/h1-4,9,13H,5-8H2. The molecule has 0 amide bonds. The Labute approximate surface area is 94.3 Å². The van der Waals surface area contributed by atoms with Crippen LogP contribution in [0.3, 0.4) is 0 Å². The minimum Gasteiger partial charge on any atom is -0.369 e. The molecule has 0 bridgehead atoms. The van der Waals surface area contributed by atoms with Crippen LogP contribution >= 0.6 is 0 Å². The molecule has 16 heavy (non-hydrogen) atoms. The van der Waals surface area contributed by atoms with Gasteiger partial charge in [0.15, 0.2) is 0 Å². The molecule has 1 aromatic heterocycles. The number of rotatable bonds is 1. The van der Waals surface area contributed by atoms with E-state index in [0.717, 1.165) is 37.2 Å². The molecule has 3 rings (SSSR count). The Bertz CT molecular complexity index is 491. The summed E-state index contributed by atoms with van der Waals surface area (Å²) in [6.45, 7) is 4.23. The quantitative estimate of drug-likeness (QED) is 0.770. The fourth-order valence-electron chi connectivity index (χ4n) is 2.07. The minimum absolute atomic E-state index is 0.960. The predicted molar refractivity (Wildman–Crippen MR) is 64.6 cm³/mol. The number of benzene rings is 1. The number of piperazine rings is 1. The molecule has 4 heteroatoms. The monoisotopic (exact) mass is 214 g/mol. The third kappa shape index (κ3) is 1.72. The van der Waals surface area contributed by atoms with Gasteiger partial charge >= 0.3 is 0 Å². The van der Waals surface area contributed by atoms with E-state index < -0.39 is 0 Å². The number of aromatic nitrogens is 2. The van der Waals surface area contributed by atoms with Gasteiger partial charge in [0.05, 0.1) is 11.0 Å². The molecule has 0 radical (unpaired) electrons. The molecule has 0 spiro atoms. The van der Waals surface area contributed by atoms with E-state index in [9.17, 15) is 0 Å². The van der Waals surface area contributed by atoms with Crippen LogP contribution in [0.4, 0.5) is 5.69 Å². The highest BCUT2D eigenvalue weighted by Gasteiger charge is 2.10. The van der Waals surface area contributed by atoms with Crippen LogP contribution < -0.4 is 10.2 Å². The summed E-state index contributed by atoms with van der Waals surface area (Å²) >= 11 is 0. The van der Waals surface area contributed by atoms with Crippen molar-refractivity contribution >= 4 is 16.7 Å². The first-order valence-corrected chi connectivity index (χ1v) is 5.60. The lowest BCUT2D eigenvalue weighted by Crippen LogP contribution is -2.43. The molecule has 1 N–H and O–H groups in total. The first-order chi connectivity index (χ1) is 7.93. The molecule has 1 aromatic carbocycles. The van der Waals surface area contributed by atoms with Crippen molar-refractivity contribution in [3.63, 3.8) is 0 Å². The van der Waals surface area contributed by atoms with Crippen LogP contribution in [0.25, 0.3) is 11.0 Å². The molecule has 1 saturated heterocycles. The van der Waals surface area contributed by atoms with Crippen molar-refractivity contribution in [2.45, 2.75) is 0 Å². The third-order valence-electron chi connectivity index (χ3n) is 2.94. The van der Waals surface area contributed by atoms with E-state index in [2.05, 4.69) is 32.3 Å². The molecule has 0 saturated carbocycles. The van der Waals surface area contributed by atoms with E-state index in [1.807, 2.05) is 6.07 Å². The Balaban J connectivity index is 1.97. The van der Waals surface area contributed by atoms with Gasteiger partial charge in [-0.3, -0.25) is 9.97 Å². The van der Waals surface area contributed by atoms with Gasteiger partial charge in [-0.15, -0.1) is 0 Å². The molecule has 2 aromatic rings. The van der Waals surface area contributed by atoms with Gasteiger partial charge < -0.3 is 10.2 Å². The second-order valence-electron chi connectivity index (χ2n) is 3.97. The van der Waals surface area contributed by atoms with Crippen molar-refractivity contribution < 1.29 is 0 Å². The van der Waals surface area contributed by atoms with Crippen molar-refractivity contribution in [2.24, 2.45) is 0 Å². The molecule has 1 fully saturated rings. The Hall–Kier alpha value is -1.68. The van der Waals surface area contributed by atoms with Crippen LogP contribution in [0.15, 0.2) is 30.6 Å². The summed E-state index contributed by atoms with van der Waals surface area (Å²) in [6.07, 6.45) is 3.47.